The Morgan fingerprint density at radius 1 is 1.12 bits per heavy atom. The number of nitrogens with zero attached hydrogens (tertiary/aromatic N) is 1. The van der Waals surface area contributed by atoms with Gasteiger partial charge in [0.25, 0.3) is 5.91 Å². The maximum absolute atomic E-state index is 12.4. The van der Waals surface area contributed by atoms with E-state index in [1.165, 1.54) is 4.31 Å². The number of benzene rings is 2. The molecular formula is C19H22N2O3S. The summed E-state index contributed by atoms with van der Waals surface area (Å²) in [6, 6.07) is 14.9. The SMILES string of the molecule is Cc1ccc(C(=O)NCc2ccccc2)cc1N1CCCCS1(=O)=O. The lowest BCUT2D eigenvalue weighted by Crippen LogP contribution is -2.38. The quantitative estimate of drug-likeness (QED) is 0.914. The van der Waals surface area contributed by atoms with Crippen LogP contribution < -0.4 is 9.62 Å². The topological polar surface area (TPSA) is 66.5 Å². The highest BCUT2D eigenvalue weighted by atomic mass is 32.2. The van der Waals surface area contributed by atoms with E-state index in [0.29, 0.717) is 30.8 Å². The predicted octanol–water partition coefficient (Wildman–Crippen LogP) is 2.86. The highest BCUT2D eigenvalue weighted by Gasteiger charge is 2.27. The van der Waals surface area contributed by atoms with Crippen LogP contribution in [0.15, 0.2) is 48.5 Å². The monoisotopic (exact) mass is 358 g/mol. The molecule has 6 heteroatoms. The van der Waals surface area contributed by atoms with Gasteiger partial charge in [0.2, 0.25) is 10.0 Å². The van der Waals surface area contributed by atoms with Crippen LogP contribution in [-0.4, -0.2) is 26.6 Å². The molecule has 1 N–H and O–H groups in total. The molecule has 0 aliphatic carbocycles. The van der Waals surface area contributed by atoms with Gasteiger partial charge in [-0.3, -0.25) is 9.10 Å². The fourth-order valence-corrected chi connectivity index (χ4v) is 4.65. The number of nitrogens with one attached hydrogen (secondary N) is 1. The van der Waals surface area contributed by atoms with Crippen molar-refractivity contribution in [3.05, 3.63) is 65.2 Å². The minimum atomic E-state index is -3.30. The highest BCUT2D eigenvalue weighted by molar-refractivity contribution is 7.92. The van der Waals surface area contributed by atoms with Gasteiger partial charge in [0.05, 0.1) is 11.4 Å². The number of rotatable bonds is 4. The lowest BCUT2D eigenvalue weighted by Gasteiger charge is -2.29. The number of carbonyl (C=O) groups is 1. The van der Waals surface area contributed by atoms with Gasteiger partial charge in [-0.05, 0) is 43.0 Å². The molecule has 0 spiro atoms. The zero-order valence-electron chi connectivity index (χ0n) is 14.2. The van der Waals surface area contributed by atoms with Crippen molar-refractivity contribution in [2.75, 3.05) is 16.6 Å². The summed E-state index contributed by atoms with van der Waals surface area (Å²) >= 11 is 0. The Hall–Kier alpha value is -2.34. The third kappa shape index (κ3) is 4.02. The predicted molar refractivity (Wildman–Crippen MR) is 99.2 cm³/mol. The highest BCUT2D eigenvalue weighted by Crippen LogP contribution is 2.28. The average Bonchev–Trinajstić information content (AvgIpc) is 2.61. The Labute approximate surface area is 148 Å². The van der Waals surface area contributed by atoms with E-state index in [0.717, 1.165) is 17.5 Å². The Bertz CT molecular complexity index is 863. The minimum Gasteiger partial charge on any atom is -0.348 e. The summed E-state index contributed by atoms with van der Waals surface area (Å²) in [4.78, 5) is 12.4. The summed E-state index contributed by atoms with van der Waals surface area (Å²) in [5.74, 6) is -0.0452. The maximum atomic E-state index is 12.4. The van der Waals surface area contributed by atoms with Crippen LogP contribution in [0.2, 0.25) is 0 Å². The minimum absolute atomic E-state index is 0.164. The molecule has 2 aromatic carbocycles. The molecule has 1 fully saturated rings. The van der Waals surface area contributed by atoms with Crippen molar-refractivity contribution in [2.24, 2.45) is 0 Å². The summed E-state index contributed by atoms with van der Waals surface area (Å²) in [7, 11) is -3.30. The number of aryl methyl sites for hydroxylation is 1. The molecule has 0 atom stereocenters. The second-order valence-electron chi connectivity index (χ2n) is 6.26. The van der Waals surface area contributed by atoms with E-state index in [1.54, 1.807) is 18.2 Å². The third-order valence-electron chi connectivity index (χ3n) is 4.39. The molecule has 5 nitrogen and oxygen atoms in total. The fourth-order valence-electron chi connectivity index (χ4n) is 2.96. The number of hydrogen-bond acceptors (Lipinski definition) is 3. The van der Waals surface area contributed by atoms with Gasteiger partial charge in [0.1, 0.15) is 0 Å². The van der Waals surface area contributed by atoms with Gasteiger partial charge >= 0.3 is 0 Å². The number of sulfonamides is 1. The van der Waals surface area contributed by atoms with Crippen LogP contribution in [-0.2, 0) is 16.6 Å². The zero-order chi connectivity index (χ0) is 17.9. The molecule has 1 aliphatic heterocycles. The van der Waals surface area contributed by atoms with E-state index in [4.69, 9.17) is 0 Å². The van der Waals surface area contributed by atoms with E-state index in [2.05, 4.69) is 5.32 Å². The van der Waals surface area contributed by atoms with Crippen molar-refractivity contribution in [3.63, 3.8) is 0 Å². The van der Waals surface area contributed by atoms with Gasteiger partial charge in [-0.2, -0.15) is 0 Å². The molecule has 0 aromatic heterocycles. The van der Waals surface area contributed by atoms with Crippen LogP contribution in [0.5, 0.6) is 0 Å². The molecule has 0 bridgehead atoms. The van der Waals surface area contributed by atoms with Gasteiger partial charge in [-0.1, -0.05) is 36.4 Å². The Balaban J connectivity index is 1.80. The summed E-state index contributed by atoms with van der Waals surface area (Å²) in [6.45, 7) is 2.77. The van der Waals surface area contributed by atoms with Crippen LogP contribution >= 0.6 is 0 Å². The van der Waals surface area contributed by atoms with Crippen LogP contribution in [0.1, 0.15) is 34.3 Å². The second kappa shape index (κ2) is 7.27. The van der Waals surface area contributed by atoms with Gasteiger partial charge in [-0.15, -0.1) is 0 Å². The van der Waals surface area contributed by atoms with Gasteiger partial charge < -0.3 is 5.32 Å². The van der Waals surface area contributed by atoms with Crippen LogP contribution in [0.25, 0.3) is 0 Å². The fraction of sp³-hybridized carbons (Fsp3) is 0.316. The molecule has 1 heterocycles. The first-order valence-corrected chi connectivity index (χ1v) is 10.0. The number of anilines is 1. The molecule has 132 valence electrons. The molecule has 1 aliphatic rings. The van der Waals surface area contributed by atoms with E-state index in [9.17, 15) is 13.2 Å². The smallest absolute Gasteiger partial charge is 0.251 e. The Morgan fingerprint density at radius 2 is 1.88 bits per heavy atom. The first kappa shape index (κ1) is 17.5. The number of amides is 1. The summed E-state index contributed by atoms with van der Waals surface area (Å²) < 4.78 is 26.1. The van der Waals surface area contributed by atoms with Crippen LogP contribution in [0.4, 0.5) is 5.69 Å². The standard InChI is InChI=1S/C19H22N2O3S/c1-15-9-10-17(19(22)20-14-16-7-3-2-4-8-16)13-18(15)21-11-5-6-12-25(21,23)24/h2-4,7-10,13H,5-6,11-12,14H2,1H3,(H,20,22). The molecule has 25 heavy (non-hydrogen) atoms. The normalized spacial score (nSPS) is 16.4. The largest absolute Gasteiger partial charge is 0.348 e. The number of carbonyl (C=O) groups excluding carboxylic acids is 1. The van der Waals surface area contributed by atoms with Crippen molar-refractivity contribution in [3.8, 4) is 0 Å². The van der Waals surface area contributed by atoms with Crippen LogP contribution in [0, 0.1) is 6.92 Å². The maximum Gasteiger partial charge on any atom is 0.251 e. The number of hydrogen-bond donors (Lipinski definition) is 1. The van der Waals surface area contributed by atoms with E-state index >= 15 is 0 Å². The van der Waals surface area contributed by atoms with Crippen molar-refractivity contribution < 1.29 is 13.2 Å². The molecule has 1 amide bonds. The molecular weight excluding hydrogens is 336 g/mol. The van der Waals surface area contributed by atoms with E-state index in [-0.39, 0.29) is 11.7 Å². The van der Waals surface area contributed by atoms with Gasteiger partial charge in [-0.25, -0.2) is 8.42 Å². The third-order valence-corrected chi connectivity index (χ3v) is 6.24. The molecule has 0 unspecified atom stereocenters. The lowest BCUT2D eigenvalue weighted by atomic mass is 10.1. The van der Waals surface area contributed by atoms with E-state index < -0.39 is 10.0 Å². The molecule has 2 aromatic rings. The average molecular weight is 358 g/mol. The Kier molecular flexibility index (Phi) is 5.08. The Morgan fingerprint density at radius 3 is 2.60 bits per heavy atom. The lowest BCUT2D eigenvalue weighted by molar-refractivity contribution is 0.0951. The van der Waals surface area contributed by atoms with Crippen molar-refractivity contribution in [2.45, 2.75) is 26.3 Å². The molecule has 0 radical (unpaired) electrons. The molecule has 0 saturated carbocycles. The van der Waals surface area contributed by atoms with Gasteiger partial charge in [0.15, 0.2) is 0 Å². The zero-order valence-corrected chi connectivity index (χ0v) is 15.1. The van der Waals surface area contributed by atoms with Gasteiger partial charge in [0, 0.05) is 18.7 Å². The molecule has 3 rings (SSSR count). The summed E-state index contributed by atoms with van der Waals surface area (Å²) in [5.41, 5.74) is 2.94. The summed E-state index contributed by atoms with van der Waals surface area (Å²) in [5, 5.41) is 2.88. The first-order chi connectivity index (χ1) is 12.0. The molecule has 1 saturated heterocycles. The van der Waals surface area contributed by atoms with Crippen molar-refractivity contribution in [1.29, 1.82) is 0 Å². The first-order valence-electron chi connectivity index (χ1n) is 8.40. The van der Waals surface area contributed by atoms with E-state index in [1.807, 2.05) is 37.3 Å². The van der Waals surface area contributed by atoms with Crippen molar-refractivity contribution in [1.82, 2.24) is 5.32 Å². The van der Waals surface area contributed by atoms with Crippen molar-refractivity contribution >= 4 is 21.6 Å². The summed E-state index contributed by atoms with van der Waals surface area (Å²) in [6.07, 6.45) is 1.53. The van der Waals surface area contributed by atoms with Crippen LogP contribution in [0.3, 0.4) is 0 Å². The second-order valence-corrected chi connectivity index (χ2v) is 8.28.